The molecule has 0 amide bonds. The summed E-state index contributed by atoms with van der Waals surface area (Å²) in [4.78, 5) is 6.58. The van der Waals surface area contributed by atoms with Crippen molar-refractivity contribution in [3.63, 3.8) is 0 Å². The van der Waals surface area contributed by atoms with E-state index in [0.29, 0.717) is 0 Å². The Morgan fingerprint density at radius 2 is 0.815 bits per heavy atom. The molecule has 10 rings (SSSR count). The predicted molar refractivity (Wildman–Crippen MR) is 225 cm³/mol. The topological polar surface area (TPSA) is 29.3 Å². The SMILES string of the molecule is c1ccc(-c2ccc(N(c3ccc(-c4ccccc4)cc3)c3ccc(-c4cc5oc6cccc(-c7ccncc7)c6c5c5ccccc45)cc3)cc2)cc1. The third-order valence-corrected chi connectivity index (χ3v) is 10.4. The van der Waals surface area contributed by atoms with Crippen LogP contribution in [0.3, 0.4) is 0 Å². The van der Waals surface area contributed by atoms with Crippen molar-refractivity contribution in [1.82, 2.24) is 4.98 Å². The number of nitrogens with zero attached hydrogens (tertiary/aromatic N) is 2. The van der Waals surface area contributed by atoms with Crippen LogP contribution >= 0.6 is 0 Å². The zero-order valence-corrected chi connectivity index (χ0v) is 29.4. The van der Waals surface area contributed by atoms with E-state index < -0.39 is 0 Å². The normalized spacial score (nSPS) is 11.3. The Labute approximate surface area is 314 Å². The van der Waals surface area contributed by atoms with Gasteiger partial charge in [-0.3, -0.25) is 4.98 Å². The molecule has 2 heterocycles. The van der Waals surface area contributed by atoms with Gasteiger partial charge in [-0.25, -0.2) is 0 Å². The van der Waals surface area contributed by atoms with Gasteiger partial charge < -0.3 is 9.32 Å². The number of benzene rings is 8. The molecule has 0 saturated carbocycles. The van der Waals surface area contributed by atoms with Gasteiger partial charge in [0.15, 0.2) is 0 Å². The molecule has 0 fully saturated rings. The minimum Gasteiger partial charge on any atom is -0.456 e. The number of rotatable bonds is 7. The van der Waals surface area contributed by atoms with Crippen molar-refractivity contribution in [2.75, 3.05) is 4.90 Å². The van der Waals surface area contributed by atoms with Crippen LogP contribution in [0.2, 0.25) is 0 Å². The smallest absolute Gasteiger partial charge is 0.136 e. The second-order valence-corrected chi connectivity index (χ2v) is 13.6. The lowest BCUT2D eigenvalue weighted by Gasteiger charge is -2.26. The van der Waals surface area contributed by atoms with E-state index in [1.54, 1.807) is 0 Å². The average Bonchev–Trinajstić information content (AvgIpc) is 3.64. The quantitative estimate of drug-likeness (QED) is 0.167. The second kappa shape index (κ2) is 13.4. The van der Waals surface area contributed by atoms with Gasteiger partial charge in [0.25, 0.3) is 0 Å². The predicted octanol–water partition coefficient (Wildman–Crippen LogP) is 14.3. The van der Waals surface area contributed by atoms with Crippen molar-refractivity contribution < 1.29 is 4.42 Å². The summed E-state index contributed by atoms with van der Waals surface area (Å²) in [5.74, 6) is 0. The number of fused-ring (bicyclic) bond motifs is 5. The molecule has 10 aromatic rings. The van der Waals surface area contributed by atoms with E-state index in [4.69, 9.17) is 4.42 Å². The van der Waals surface area contributed by atoms with Gasteiger partial charge in [0, 0.05) is 40.2 Å². The van der Waals surface area contributed by atoms with E-state index in [-0.39, 0.29) is 0 Å². The summed E-state index contributed by atoms with van der Waals surface area (Å²) in [7, 11) is 0. The van der Waals surface area contributed by atoms with Gasteiger partial charge in [0.1, 0.15) is 11.2 Å². The standard InChI is InChI=1S/C51H34N2O/c1-3-10-35(11-4-1)37-18-24-41(25-19-37)53(42-26-20-38(21-27-42)36-12-5-2-6-13-36)43-28-22-39(23-29-43)47-34-49-51(46-15-8-7-14-45(46)47)50-44(16-9-17-48(50)54-49)40-30-32-52-33-31-40/h1-34H. The average molecular weight is 691 g/mol. The molecule has 0 atom stereocenters. The Hall–Kier alpha value is -7.23. The van der Waals surface area contributed by atoms with Crippen LogP contribution in [0, 0.1) is 0 Å². The number of hydrogen-bond donors (Lipinski definition) is 0. The molecular weight excluding hydrogens is 657 g/mol. The number of anilines is 3. The van der Waals surface area contributed by atoms with Crippen LogP contribution in [-0.4, -0.2) is 4.98 Å². The highest BCUT2D eigenvalue weighted by atomic mass is 16.3. The fourth-order valence-electron chi connectivity index (χ4n) is 7.80. The molecule has 0 bridgehead atoms. The molecule has 0 radical (unpaired) electrons. The Bertz CT molecular complexity index is 2800. The van der Waals surface area contributed by atoms with Crippen LogP contribution < -0.4 is 4.90 Å². The van der Waals surface area contributed by atoms with Gasteiger partial charge in [-0.2, -0.15) is 0 Å². The lowest BCUT2D eigenvalue weighted by Crippen LogP contribution is -2.09. The largest absolute Gasteiger partial charge is 0.456 e. The molecule has 54 heavy (non-hydrogen) atoms. The monoisotopic (exact) mass is 690 g/mol. The van der Waals surface area contributed by atoms with Crippen LogP contribution in [-0.2, 0) is 0 Å². The minimum atomic E-state index is 0.878. The number of aromatic nitrogens is 1. The maximum atomic E-state index is 6.62. The summed E-state index contributed by atoms with van der Waals surface area (Å²) in [6.45, 7) is 0. The highest BCUT2D eigenvalue weighted by Gasteiger charge is 2.19. The third kappa shape index (κ3) is 5.60. The van der Waals surface area contributed by atoms with Gasteiger partial charge in [0.05, 0.1) is 0 Å². The van der Waals surface area contributed by atoms with E-state index in [2.05, 4.69) is 204 Å². The second-order valence-electron chi connectivity index (χ2n) is 13.6. The molecular formula is C51H34N2O. The van der Waals surface area contributed by atoms with Gasteiger partial charge in [-0.1, -0.05) is 133 Å². The van der Waals surface area contributed by atoms with Gasteiger partial charge in [-0.15, -0.1) is 0 Å². The summed E-state index contributed by atoms with van der Waals surface area (Å²) in [5, 5.41) is 4.63. The van der Waals surface area contributed by atoms with Crippen LogP contribution in [0.25, 0.3) is 77.2 Å². The molecule has 0 aliphatic carbocycles. The molecule has 0 unspecified atom stereocenters. The first kappa shape index (κ1) is 31.5. The van der Waals surface area contributed by atoms with E-state index in [0.717, 1.165) is 61.3 Å². The first-order valence-electron chi connectivity index (χ1n) is 18.3. The van der Waals surface area contributed by atoms with E-state index in [1.807, 2.05) is 12.4 Å². The van der Waals surface area contributed by atoms with Crippen LogP contribution in [0.1, 0.15) is 0 Å². The summed E-state index contributed by atoms with van der Waals surface area (Å²) in [6, 6.07) is 69.0. The first-order valence-corrected chi connectivity index (χ1v) is 18.3. The fraction of sp³-hybridized carbons (Fsp3) is 0. The van der Waals surface area contributed by atoms with Crippen LogP contribution in [0.4, 0.5) is 17.1 Å². The lowest BCUT2D eigenvalue weighted by molar-refractivity contribution is 0.669. The van der Waals surface area contributed by atoms with Crippen molar-refractivity contribution in [3.8, 4) is 44.5 Å². The molecule has 2 aromatic heterocycles. The molecule has 3 heteroatoms. The van der Waals surface area contributed by atoms with Gasteiger partial charge in [-0.05, 0) is 116 Å². The maximum absolute atomic E-state index is 6.62. The highest BCUT2D eigenvalue weighted by Crippen LogP contribution is 2.44. The Kier molecular flexibility index (Phi) is 7.81. The van der Waals surface area contributed by atoms with Crippen molar-refractivity contribution in [1.29, 1.82) is 0 Å². The maximum Gasteiger partial charge on any atom is 0.136 e. The fourth-order valence-corrected chi connectivity index (χ4v) is 7.80. The molecule has 254 valence electrons. The molecule has 0 saturated heterocycles. The van der Waals surface area contributed by atoms with Gasteiger partial charge in [0.2, 0.25) is 0 Å². The molecule has 0 aliphatic rings. The van der Waals surface area contributed by atoms with Crippen molar-refractivity contribution in [2.24, 2.45) is 0 Å². The lowest BCUT2D eigenvalue weighted by atomic mass is 9.93. The Balaban J connectivity index is 1.08. The zero-order chi connectivity index (χ0) is 35.8. The summed E-state index contributed by atoms with van der Waals surface area (Å²) >= 11 is 0. The summed E-state index contributed by atoms with van der Waals surface area (Å²) in [5.41, 5.74) is 14.3. The minimum absolute atomic E-state index is 0.878. The zero-order valence-electron chi connectivity index (χ0n) is 29.4. The van der Waals surface area contributed by atoms with E-state index in [1.165, 1.54) is 33.0 Å². The molecule has 0 N–H and O–H groups in total. The number of furan rings is 1. The van der Waals surface area contributed by atoms with E-state index >= 15 is 0 Å². The van der Waals surface area contributed by atoms with Crippen LogP contribution in [0.5, 0.6) is 0 Å². The Morgan fingerprint density at radius 3 is 1.39 bits per heavy atom. The van der Waals surface area contributed by atoms with Gasteiger partial charge >= 0.3 is 0 Å². The highest BCUT2D eigenvalue weighted by molar-refractivity contribution is 6.25. The summed E-state index contributed by atoms with van der Waals surface area (Å²) < 4.78 is 6.62. The third-order valence-electron chi connectivity index (χ3n) is 10.4. The Morgan fingerprint density at radius 1 is 0.333 bits per heavy atom. The van der Waals surface area contributed by atoms with Crippen molar-refractivity contribution in [2.45, 2.75) is 0 Å². The van der Waals surface area contributed by atoms with Crippen LogP contribution in [0.15, 0.2) is 211 Å². The first-order chi connectivity index (χ1) is 26.8. The molecule has 0 aliphatic heterocycles. The van der Waals surface area contributed by atoms with E-state index in [9.17, 15) is 0 Å². The molecule has 8 aromatic carbocycles. The molecule has 0 spiro atoms. The number of pyridine rings is 1. The molecule has 3 nitrogen and oxygen atoms in total. The number of hydrogen-bond acceptors (Lipinski definition) is 3. The summed E-state index contributed by atoms with van der Waals surface area (Å²) in [6.07, 6.45) is 3.69. The van der Waals surface area contributed by atoms with Crippen molar-refractivity contribution >= 4 is 49.8 Å². The van der Waals surface area contributed by atoms with Crippen molar-refractivity contribution in [3.05, 3.63) is 207 Å².